The van der Waals surface area contributed by atoms with E-state index in [1.165, 1.54) is 32.1 Å². The lowest BCUT2D eigenvalue weighted by molar-refractivity contribution is -1.11. The molecule has 2 heterocycles. The maximum absolute atomic E-state index is 14.3. The number of amides is 1. The standard InChI is InChI=1S/C35H41N3O2/c1-27(28-18-10-8-11-19-28)36-35(39)33-30-22-14-15-23-32(30)37-34(29-20-12-9-13-21-29)31(33)26-38(40-2)24-16-6-4-3-5-7-17-25-38/h8-15,18-23,27H,3-7,16-17,24-26H2,1-2H3/p+1. The van der Waals surface area contributed by atoms with Crippen molar-refractivity contribution in [3.05, 3.63) is 102 Å². The predicted octanol–water partition coefficient (Wildman–Crippen LogP) is 8.02. The average Bonchev–Trinajstić information content (AvgIpc) is 3.00. The summed E-state index contributed by atoms with van der Waals surface area (Å²) in [6.45, 7) is 4.50. The van der Waals surface area contributed by atoms with Crippen LogP contribution in [0.15, 0.2) is 84.9 Å². The highest BCUT2D eigenvalue weighted by Gasteiger charge is 2.34. The van der Waals surface area contributed by atoms with Gasteiger partial charge < -0.3 is 5.32 Å². The molecule has 0 radical (unpaired) electrons. The Morgan fingerprint density at radius 2 is 1.40 bits per heavy atom. The Morgan fingerprint density at radius 3 is 2.05 bits per heavy atom. The van der Waals surface area contributed by atoms with Crippen LogP contribution < -0.4 is 5.32 Å². The van der Waals surface area contributed by atoms with Gasteiger partial charge in [-0.3, -0.25) is 4.79 Å². The van der Waals surface area contributed by atoms with Gasteiger partial charge in [-0.15, -0.1) is 0 Å². The molecule has 1 amide bonds. The van der Waals surface area contributed by atoms with Crippen LogP contribution in [0.4, 0.5) is 0 Å². The largest absolute Gasteiger partial charge is 0.345 e. The quantitative estimate of drug-likeness (QED) is 0.243. The summed E-state index contributed by atoms with van der Waals surface area (Å²) < 4.78 is 0.508. The van der Waals surface area contributed by atoms with E-state index in [0.29, 0.717) is 16.8 Å². The molecule has 0 bridgehead atoms. The van der Waals surface area contributed by atoms with Crippen LogP contribution in [0.1, 0.15) is 79.4 Å². The van der Waals surface area contributed by atoms with E-state index in [4.69, 9.17) is 9.82 Å². The van der Waals surface area contributed by atoms with Crippen LogP contribution in [0.25, 0.3) is 22.2 Å². The normalized spacial score (nSPS) is 16.8. The minimum atomic E-state index is -0.131. The van der Waals surface area contributed by atoms with Crippen LogP contribution in [0.5, 0.6) is 0 Å². The molecule has 1 saturated heterocycles. The minimum absolute atomic E-state index is 0.0718. The van der Waals surface area contributed by atoms with Crippen molar-refractivity contribution in [2.45, 2.75) is 64.5 Å². The van der Waals surface area contributed by atoms with Gasteiger partial charge in [0.1, 0.15) is 19.6 Å². The number of carbonyl (C=O) groups is 1. The van der Waals surface area contributed by atoms with Crippen molar-refractivity contribution in [2.24, 2.45) is 0 Å². The minimum Gasteiger partial charge on any atom is -0.345 e. The van der Waals surface area contributed by atoms with Crippen LogP contribution in [0.3, 0.4) is 0 Å². The van der Waals surface area contributed by atoms with Gasteiger partial charge in [0.05, 0.1) is 29.9 Å². The highest BCUT2D eigenvalue weighted by Crippen LogP contribution is 2.34. The third-order valence-corrected chi connectivity index (χ3v) is 8.38. The number of hydrogen-bond acceptors (Lipinski definition) is 3. The lowest BCUT2D eigenvalue weighted by Crippen LogP contribution is -2.48. The summed E-state index contributed by atoms with van der Waals surface area (Å²) in [5.41, 5.74) is 5.45. The Labute approximate surface area is 238 Å². The Kier molecular flexibility index (Phi) is 9.25. The number of nitrogens with zero attached hydrogens (tertiary/aromatic N) is 2. The molecule has 40 heavy (non-hydrogen) atoms. The summed E-state index contributed by atoms with van der Waals surface area (Å²) in [7, 11) is 1.83. The van der Waals surface area contributed by atoms with E-state index in [1.807, 2.05) is 74.7 Å². The number of fused-ring (bicyclic) bond motifs is 1. The maximum atomic E-state index is 14.3. The summed E-state index contributed by atoms with van der Waals surface area (Å²) in [5.74, 6) is -0.0718. The van der Waals surface area contributed by atoms with Crippen molar-refractivity contribution in [2.75, 3.05) is 20.2 Å². The summed E-state index contributed by atoms with van der Waals surface area (Å²) in [4.78, 5) is 25.9. The summed E-state index contributed by atoms with van der Waals surface area (Å²) in [6, 6.07) is 28.3. The van der Waals surface area contributed by atoms with Gasteiger partial charge in [-0.1, -0.05) is 98.1 Å². The van der Waals surface area contributed by atoms with Crippen molar-refractivity contribution in [1.29, 1.82) is 0 Å². The molecule has 1 aliphatic rings. The number of quaternary nitrogens is 1. The second-order valence-corrected chi connectivity index (χ2v) is 11.1. The van der Waals surface area contributed by atoms with Crippen LogP contribution >= 0.6 is 0 Å². The number of hydroxylamine groups is 3. The lowest BCUT2D eigenvalue weighted by atomic mass is 9.94. The van der Waals surface area contributed by atoms with E-state index >= 15 is 0 Å². The average molecular weight is 537 g/mol. The summed E-state index contributed by atoms with van der Waals surface area (Å²) in [5, 5.41) is 4.20. The van der Waals surface area contributed by atoms with Gasteiger partial charge in [-0.2, -0.15) is 4.65 Å². The Morgan fingerprint density at radius 1 is 0.825 bits per heavy atom. The molecule has 1 aliphatic heterocycles. The first-order valence-corrected chi connectivity index (χ1v) is 14.8. The van der Waals surface area contributed by atoms with Crippen molar-refractivity contribution in [3.8, 4) is 11.3 Å². The highest BCUT2D eigenvalue weighted by molar-refractivity contribution is 6.09. The Balaban J connectivity index is 1.65. The maximum Gasteiger partial charge on any atom is 0.253 e. The number of benzene rings is 3. The molecule has 5 nitrogen and oxygen atoms in total. The molecule has 1 unspecified atom stereocenters. The number of nitrogens with one attached hydrogen (secondary N) is 1. The Hall–Kier alpha value is -3.54. The van der Waals surface area contributed by atoms with E-state index in [1.54, 1.807) is 0 Å². The van der Waals surface area contributed by atoms with Crippen LogP contribution in [-0.2, 0) is 11.4 Å². The van der Waals surface area contributed by atoms with E-state index in [9.17, 15) is 4.79 Å². The van der Waals surface area contributed by atoms with E-state index < -0.39 is 0 Å². The van der Waals surface area contributed by atoms with Crippen LogP contribution in [-0.4, -0.2) is 35.7 Å². The van der Waals surface area contributed by atoms with Crippen molar-refractivity contribution in [1.82, 2.24) is 10.3 Å². The highest BCUT2D eigenvalue weighted by atomic mass is 16.7. The summed E-state index contributed by atoms with van der Waals surface area (Å²) in [6.07, 6.45) is 8.54. The SMILES string of the molecule is CO[N+]1(Cc2c(-c3ccccc3)nc3ccccc3c2C(=O)NC(C)c2ccccc2)CCCCCCCCC1. The molecule has 0 aliphatic carbocycles. The van der Waals surface area contributed by atoms with Crippen LogP contribution in [0.2, 0.25) is 0 Å². The summed E-state index contributed by atoms with van der Waals surface area (Å²) >= 11 is 0. The molecule has 4 aromatic rings. The Bertz CT molecular complexity index is 1390. The second-order valence-electron chi connectivity index (χ2n) is 11.1. The number of rotatable bonds is 7. The molecule has 5 heteroatoms. The van der Waals surface area contributed by atoms with Crippen molar-refractivity contribution < 1.29 is 14.3 Å². The third kappa shape index (κ3) is 6.43. The van der Waals surface area contributed by atoms with Gasteiger partial charge in [0, 0.05) is 16.5 Å². The van der Waals surface area contributed by atoms with Crippen molar-refractivity contribution in [3.63, 3.8) is 0 Å². The van der Waals surface area contributed by atoms with E-state index in [0.717, 1.165) is 59.2 Å². The predicted molar refractivity (Wildman–Crippen MR) is 163 cm³/mol. The molecule has 0 spiro atoms. The molecule has 1 aromatic heterocycles. The fraction of sp³-hybridized carbons (Fsp3) is 0.371. The molecule has 1 atom stereocenters. The molecule has 1 fully saturated rings. The van der Waals surface area contributed by atoms with Gasteiger partial charge >= 0.3 is 0 Å². The first-order valence-electron chi connectivity index (χ1n) is 14.8. The first-order chi connectivity index (χ1) is 19.6. The number of carbonyl (C=O) groups excluding carboxylic acids is 1. The van der Waals surface area contributed by atoms with Crippen LogP contribution in [0, 0.1) is 0 Å². The number of hydrogen-bond donors (Lipinski definition) is 1. The number of para-hydroxylation sites is 1. The van der Waals surface area contributed by atoms with Gasteiger partial charge in [-0.25, -0.2) is 9.82 Å². The number of aromatic nitrogens is 1. The second kappa shape index (κ2) is 13.2. The van der Waals surface area contributed by atoms with E-state index in [-0.39, 0.29) is 11.9 Å². The molecule has 208 valence electrons. The molecular weight excluding hydrogens is 494 g/mol. The fourth-order valence-corrected chi connectivity index (χ4v) is 6.08. The zero-order valence-electron chi connectivity index (χ0n) is 23.9. The lowest BCUT2D eigenvalue weighted by Gasteiger charge is -2.36. The zero-order chi connectivity index (χ0) is 27.8. The van der Waals surface area contributed by atoms with Crippen molar-refractivity contribution >= 4 is 16.8 Å². The topological polar surface area (TPSA) is 51.2 Å². The van der Waals surface area contributed by atoms with Gasteiger partial charge in [0.2, 0.25) is 0 Å². The zero-order valence-corrected chi connectivity index (χ0v) is 23.9. The molecule has 1 N–H and O–H groups in total. The number of pyridine rings is 1. The van der Waals surface area contributed by atoms with Gasteiger partial charge in [-0.05, 0) is 44.2 Å². The molecule has 3 aromatic carbocycles. The molecule has 0 saturated carbocycles. The van der Waals surface area contributed by atoms with Gasteiger partial charge in [0.15, 0.2) is 0 Å². The molecular formula is C35H42N3O2+. The molecule has 5 rings (SSSR count). The third-order valence-electron chi connectivity index (χ3n) is 8.38. The smallest absolute Gasteiger partial charge is 0.253 e. The first kappa shape index (κ1) is 28.0. The fourth-order valence-electron chi connectivity index (χ4n) is 6.08. The van der Waals surface area contributed by atoms with Gasteiger partial charge in [0.25, 0.3) is 5.91 Å². The van der Waals surface area contributed by atoms with E-state index in [2.05, 4.69) is 29.6 Å². The monoisotopic (exact) mass is 536 g/mol.